The van der Waals surface area contributed by atoms with Crippen LogP contribution in [0.5, 0.6) is 0 Å². The quantitative estimate of drug-likeness (QED) is 0.278. The van der Waals surface area contributed by atoms with Gasteiger partial charge in [0.05, 0.1) is 31.9 Å². The van der Waals surface area contributed by atoms with Crippen LogP contribution >= 0.6 is 11.6 Å². The Morgan fingerprint density at radius 2 is 1.63 bits per heavy atom. The van der Waals surface area contributed by atoms with Crippen LogP contribution in [0.1, 0.15) is 17.4 Å². The van der Waals surface area contributed by atoms with Crippen LogP contribution in [0.4, 0.5) is 4.39 Å². The molecule has 0 saturated carbocycles. The topological polar surface area (TPSA) is 91.8 Å². The van der Waals surface area contributed by atoms with E-state index < -0.39 is 49.4 Å². The number of halogens is 2. The molecule has 38 heavy (non-hydrogen) atoms. The van der Waals surface area contributed by atoms with Crippen LogP contribution in [0.25, 0.3) is 0 Å². The summed E-state index contributed by atoms with van der Waals surface area (Å²) in [5.74, 6) is -1.17. The lowest BCUT2D eigenvalue weighted by Gasteiger charge is -2.35. The van der Waals surface area contributed by atoms with Crippen LogP contribution in [0.2, 0.25) is 19.6 Å². The molecule has 0 spiro atoms. The van der Waals surface area contributed by atoms with E-state index in [1.165, 1.54) is 0 Å². The molecule has 1 unspecified atom stereocenters. The number of alkyl halides is 1. The van der Waals surface area contributed by atoms with E-state index in [1.54, 1.807) is 0 Å². The molecule has 2 heterocycles. The molecular weight excluding hydrogens is 531 g/mol. The van der Waals surface area contributed by atoms with Gasteiger partial charge in [0.2, 0.25) is 5.82 Å². The third-order valence-corrected chi connectivity index (χ3v) is 7.53. The second-order valence-corrected chi connectivity index (χ2v) is 15.0. The molecule has 1 saturated heterocycles. The molecule has 0 radical (unpaired) electrons. The molecule has 1 fully saturated rings. The van der Waals surface area contributed by atoms with E-state index in [4.69, 9.17) is 30.2 Å². The first-order valence-corrected chi connectivity index (χ1v) is 16.3. The summed E-state index contributed by atoms with van der Waals surface area (Å²) in [4.78, 5) is 26.5. The summed E-state index contributed by atoms with van der Waals surface area (Å²) in [6.07, 6.45) is -1.92. The Morgan fingerprint density at radius 1 is 1.03 bits per heavy atom. The van der Waals surface area contributed by atoms with Crippen LogP contribution < -0.4 is 11.2 Å². The van der Waals surface area contributed by atoms with E-state index in [1.807, 2.05) is 85.3 Å². The zero-order valence-corrected chi connectivity index (χ0v) is 23.3. The molecule has 1 aliphatic heterocycles. The maximum atomic E-state index is 14.3. The number of ether oxygens (including phenoxy) is 3. The molecule has 204 valence electrons. The fourth-order valence-electron chi connectivity index (χ4n) is 4.40. The lowest BCUT2D eigenvalue weighted by Crippen LogP contribution is -2.52. The SMILES string of the molecule is C[Si](C)(C)OC1[C@H](n2cc(F)c(=O)[nH]c2=O)O[C@](CCl)(COCc2ccccc2)[C@H]1OCc1ccccc1. The van der Waals surface area contributed by atoms with Gasteiger partial charge in [-0.3, -0.25) is 14.3 Å². The molecule has 1 aliphatic rings. The van der Waals surface area contributed by atoms with Crippen molar-refractivity contribution in [1.82, 2.24) is 9.55 Å². The highest BCUT2D eigenvalue weighted by molar-refractivity contribution is 6.69. The zero-order chi connectivity index (χ0) is 27.3. The smallest absolute Gasteiger partial charge is 0.330 e. The molecule has 4 rings (SSSR count). The summed E-state index contributed by atoms with van der Waals surface area (Å²) >= 11 is 6.56. The van der Waals surface area contributed by atoms with Crippen molar-refractivity contribution >= 4 is 19.9 Å². The Hall–Kier alpha value is -2.60. The van der Waals surface area contributed by atoms with Gasteiger partial charge in [0.1, 0.15) is 17.8 Å². The first kappa shape index (κ1) is 28.4. The average Bonchev–Trinajstić information content (AvgIpc) is 3.18. The number of hydrogen-bond donors (Lipinski definition) is 1. The van der Waals surface area contributed by atoms with Gasteiger partial charge < -0.3 is 18.6 Å². The Labute approximate surface area is 226 Å². The number of hydrogen-bond acceptors (Lipinski definition) is 6. The van der Waals surface area contributed by atoms with Gasteiger partial charge in [-0.2, -0.15) is 4.39 Å². The molecule has 2 aromatic carbocycles. The van der Waals surface area contributed by atoms with Crippen molar-refractivity contribution in [3.8, 4) is 0 Å². The highest BCUT2D eigenvalue weighted by Gasteiger charge is 2.58. The van der Waals surface area contributed by atoms with Gasteiger partial charge in [0, 0.05) is 0 Å². The summed E-state index contributed by atoms with van der Waals surface area (Å²) in [5, 5.41) is 0. The van der Waals surface area contributed by atoms with Gasteiger partial charge in [-0.25, -0.2) is 4.79 Å². The number of aromatic amines is 1. The number of benzene rings is 2. The predicted molar refractivity (Wildman–Crippen MR) is 144 cm³/mol. The normalized spacial score (nSPS) is 23.6. The van der Waals surface area contributed by atoms with Crippen molar-refractivity contribution < 1.29 is 23.0 Å². The Balaban J connectivity index is 1.72. The van der Waals surface area contributed by atoms with Crippen LogP contribution in [-0.2, 0) is 31.9 Å². The maximum absolute atomic E-state index is 14.3. The highest BCUT2D eigenvalue weighted by atomic mass is 35.5. The van der Waals surface area contributed by atoms with Crippen molar-refractivity contribution in [3.05, 3.63) is 105 Å². The first-order valence-electron chi connectivity index (χ1n) is 12.3. The third-order valence-electron chi connectivity index (χ3n) is 6.10. The van der Waals surface area contributed by atoms with Crippen LogP contribution in [0.15, 0.2) is 76.4 Å². The first-order chi connectivity index (χ1) is 18.1. The molecule has 0 amide bonds. The molecule has 11 heteroatoms. The molecule has 1 N–H and O–H groups in total. The van der Waals surface area contributed by atoms with E-state index in [9.17, 15) is 14.0 Å². The Morgan fingerprint density at radius 3 is 2.21 bits per heavy atom. The van der Waals surface area contributed by atoms with Gasteiger partial charge >= 0.3 is 5.69 Å². The van der Waals surface area contributed by atoms with E-state index in [2.05, 4.69) is 0 Å². The second-order valence-electron chi connectivity index (χ2n) is 10.2. The fourth-order valence-corrected chi connectivity index (χ4v) is 5.75. The van der Waals surface area contributed by atoms with Crippen molar-refractivity contribution in [2.24, 2.45) is 0 Å². The van der Waals surface area contributed by atoms with Crippen LogP contribution in [0.3, 0.4) is 0 Å². The number of nitrogens with one attached hydrogen (secondary N) is 1. The second kappa shape index (κ2) is 12.1. The molecule has 0 aliphatic carbocycles. The molecule has 3 aromatic rings. The van der Waals surface area contributed by atoms with Crippen molar-refractivity contribution in [2.45, 2.75) is 56.9 Å². The van der Waals surface area contributed by atoms with E-state index >= 15 is 0 Å². The summed E-state index contributed by atoms with van der Waals surface area (Å²) in [6, 6.07) is 19.2. The largest absolute Gasteiger partial charge is 0.407 e. The van der Waals surface area contributed by atoms with Gasteiger partial charge in [-0.05, 0) is 30.8 Å². The fraction of sp³-hybridized carbons (Fsp3) is 0.407. The monoisotopic (exact) mass is 562 g/mol. The Bertz CT molecular complexity index is 1320. The lowest BCUT2D eigenvalue weighted by molar-refractivity contribution is -0.145. The number of rotatable bonds is 11. The van der Waals surface area contributed by atoms with Crippen molar-refractivity contribution in [1.29, 1.82) is 0 Å². The standard InChI is InChI=1S/C27H32ClFN2O6Si/c1-38(2,3)37-22-23(35-16-20-12-8-5-9-13-20)27(17-28,18-34-15-19-10-6-4-7-11-19)36-25(22)31-14-21(29)24(32)30-26(31)33/h4-14,22-23,25H,15-18H2,1-3H3,(H,30,32,33)/t22?,23-,25+,27+/m0/s1. The van der Waals surface area contributed by atoms with Crippen molar-refractivity contribution in [2.75, 3.05) is 12.5 Å². The minimum Gasteiger partial charge on any atom is -0.407 e. The highest BCUT2D eigenvalue weighted by Crippen LogP contribution is 2.43. The zero-order valence-electron chi connectivity index (χ0n) is 21.6. The molecular formula is C27H32ClFN2O6Si. The molecule has 0 bridgehead atoms. The van der Waals surface area contributed by atoms with Gasteiger partial charge in [-0.15, -0.1) is 11.6 Å². The van der Waals surface area contributed by atoms with Gasteiger partial charge in [-0.1, -0.05) is 60.7 Å². The summed E-state index contributed by atoms with van der Waals surface area (Å²) < 4.78 is 40.8. The summed E-state index contributed by atoms with van der Waals surface area (Å²) in [6.45, 7) is 6.50. The Kier molecular flexibility index (Phi) is 9.02. The van der Waals surface area contributed by atoms with Crippen LogP contribution in [-0.4, -0.2) is 48.2 Å². The summed E-state index contributed by atoms with van der Waals surface area (Å²) in [5.41, 5.74) is -1.31. The maximum Gasteiger partial charge on any atom is 0.330 e. The molecule has 1 aromatic heterocycles. The molecule has 8 nitrogen and oxygen atoms in total. The predicted octanol–water partition coefficient (Wildman–Crippen LogP) is 4.20. The van der Waals surface area contributed by atoms with E-state index in [0.717, 1.165) is 21.9 Å². The number of H-pyrrole nitrogens is 1. The summed E-state index contributed by atoms with van der Waals surface area (Å²) in [7, 11) is -2.27. The third kappa shape index (κ3) is 6.69. The van der Waals surface area contributed by atoms with Crippen molar-refractivity contribution in [3.63, 3.8) is 0 Å². The van der Waals surface area contributed by atoms with E-state index in [-0.39, 0.29) is 19.1 Å². The number of nitrogens with zero attached hydrogens (tertiary/aromatic N) is 1. The van der Waals surface area contributed by atoms with Crippen LogP contribution in [0, 0.1) is 5.82 Å². The van der Waals surface area contributed by atoms with Gasteiger partial charge in [0.25, 0.3) is 5.56 Å². The lowest BCUT2D eigenvalue weighted by atomic mass is 9.97. The number of aromatic nitrogens is 2. The minimum atomic E-state index is -2.27. The average molecular weight is 563 g/mol. The van der Waals surface area contributed by atoms with E-state index in [0.29, 0.717) is 6.61 Å². The van der Waals surface area contributed by atoms with Gasteiger partial charge in [0.15, 0.2) is 14.5 Å². The minimum absolute atomic E-state index is 0.0213. The molecule has 4 atom stereocenters.